The quantitative estimate of drug-likeness (QED) is 0.336. The second-order valence-corrected chi connectivity index (χ2v) is 2.35. The zero-order valence-electron chi connectivity index (χ0n) is 2.77. The summed E-state index contributed by atoms with van der Waals surface area (Å²) in [5.74, 6) is 0. The molecule has 0 bridgehead atoms. The van der Waals surface area contributed by atoms with Crippen LogP contribution in [-0.2, 0) is 22.7 Å². The van der Waals surface area contributed by atoms with Gasteiger partial charge in [-0.3, -0.25) is 0 Å². The Morgan fingerprint density at radius 1 is 1.60 bits per heavy atom. The SMILES string of the molecule is [O]=[Ti][N]1CC1. The van der Waals surface area contributed by atoms with Crippen molar-refractivity contribution in [1.82, 2.24) is 3.38 Å². The summed E-state index contributed by atoms with van der Waals surface area (Å²) in [4.78, 5) is 0. The zero-order valence-corrected chi connectivity index (χ0v) is 4.33. The van der Waals surface area contributed by atoms with Crippen molar-refractivity contribution >= 4 is 0 Å². The summed E-state index contributed by atoms with van der Waals surface area (Å²) in [6.07, 6.45) is 0. The summed E-state index contributed by atoms with van der Waals surface area (Å²) in [7, 11) is 0. The van der Waals surface area contributed by atoms with Crippen molar-refractivity contribution in [2.24, 2.45) is 0 Å². The van der Waals surface area contributed by atoms with Crippen molar-refractivity contribution in [2.45, 2.75) is 0 Å². The van der Waals surface area contributed by atoms with Crippen LogP contribution in [-0.4, -0.2) is 16.5 Å². The average molecular weight is 106 g/mol. The molecule has 1 saturated heterocycles. The molecule has 0 radical (unpaired) electrons. The van der Waals surface area contributed by atoms with Gasteiger partial charge in [0, 0.05) is 0 Å². The molecule has 0 atom stereocenters. The molecule has 1 rings (SSSR count). The number of nitrogens with zero attached hydrogens (tertiary/aromatic N) is 1. The van der Waals surface area contributed by atoms with E-state index in [1.807, 2.05) is 3.38 Å². The normalized spacial score (nSPS) is 21.6. The predicted octanol–water partition coefficient (Wildman–Crippen LogP) is -0.355. The third-order valence-electron chi connectivity index (χ3n) is 0.576. The maximum absolute atomic E-state index is 9.74. The predicted molar refractivity (Wildman–Crippen MR) is 12.3 cm³/mol. The van der Waals surface area contributed by atoms with Gasteiger partial charge in [-0.25, -0.2) is 0 Å². The molecule has 0 N–H and O–H groups in total. The van der Waals surface area contributed by atoms with Crippen molar-refractivity contribution in [3.63, 3.8) is 0 Å². The summed E-state index contributed by atoms with van der Waals surface area (Å²) in [5, 5.41) is 0. The molecule has 0 spiro atoms. The van der Waals surface area contributed by atoms with Gasteiger partial charge in [0.2, 0.25) is 0 Å². The maximum atomic E-state index is 9.74. The Hall–Kier alpha value is 0.474. The Bertz CT molecular complexity index is 51.6. The fraction of sp³-hybridized carbons (Fsp3) is 1.00. The molecular formula is C2H4NOTi. The van der Waals surface area contributed by atoms with Crippen LogP contribution in [0.4, 0.5) is 0 Å². The van der Waals surface area contributed by atoms with Gasteiger partial charge in [-0.15, -0.1) is 0 Å². The van der Waals surface area contributed by atoms with Gasteiger partial charge in [-0.05, 0) is 0 Å². The monoisotopic (exact) mass is 106 g/mol. The third-order valence-corrected chi connectivity index (χ3v) is 1.68. The van der Waals surface area contributed by atoms with Gasteiger partial charge in [-0.2, -0.15) is 0 Å². The van der Waals surface area contributed by atoms with Gasteiger partial charge in [-0.1, -0.05) is 0 Å². The van der Waals surface area contributed by atoms with Gasteiger partial charge in [0.05, 0.1) is 0 Å². The van der Waals surface area contributed by atoms with Crippen LogP contribution in [0.2, 0.25) is 0 Å². The number of hydrogen-bond donors (Lipinski definition) is 0. The molecule has 1 aliphatic rings. The molecule has 1 heterocycles. The Morgan fingerprint density at radius 2 is 2.20 bits per heavy atom. The van der Waals surface area contributed by atoms with Crippen molar-refractivity contribution in [2.75, 3.05) is 13.1 Å². The molecule has 0 aromatic carbocycles. The first-order chi connectivity index (χ1) is 2.43. The molecular weight excluding hydrogens is 102 g/mol. The van der Waals surface area contributed by atoms with E-state index in [0.29, 0.717) is 0 Å². The first-order valence-electron chi connectivity index (χ1n) is 1.56. The summed E-state index contributed by atoms with van der Waals surface area (Å²) in [6, 6.07) is 0. The number of hydrogen-bond acceptors (Lipinski definition) is 1. The van der Waals surface area contributed by atoms with Gasteiger partial charge >= 0.3 is 39.2 Å². The van der Waals surface area contributed by atoms with Crippen LogP contribution < -0.4 is 0 Å². The van der Waals surface area contributed by atoms with Crippen LogP contribution in [0.25, 0.3) is 0 Å². The van der Waals surface area contributed by atoms with Crippen LogP contribution in [0.15, 0.2) is 0 Å². The van der Waals surface area contributed by atoms with Crippen LogP contribution in [0, 0.1) is 0 Å². The van der Waals surface area contributed by atoms with E-state index in [0.717, 1.165) is 13.1 Å². The second kappa shape index (κ2) is 1.29. The average Bonchev–Trinajstić information content (AvgIpc) is 2.12. The molecule has 0 aromatic heterocycles. The summed E-state index contributed by atoms with van der Waals surface area (Å²) in [6.45, 7) is 2.17. The second-order valence-electron chi connectivity index (χ2n) is 1.08. The molecule has 27 valence electrons. The summed E-state index contributed by atoms with van der Waals surface area (Å²) < 4.78 is 11.7. The van der Waals surface area contributed by atoms with Gasteiger partial charge in [0.15, 0.2) is 0 Å². The fourth-order valence-electron chi connectivity index (χ4n) is 0.141. The van der Waals surface area contributed by atoms with Crippen LogP contribution >= 0.6 is 0 Å². The topological polar surface area (TPSA) is 20.1 Å². The first-order valence-corrected chi connectivity index (χ1v) is 2.90. The molecule has 1 aliphatic heterocycles. The zero-order chi connectivity index (χ0) is 3.70. The van der Waals surface area contributed by atoms with Crippen LogP contribution in [0.5, 0.6) is 0 Å². The van der Waals surface area contributed by atoms with E-state index >= 15 is 0 Å². The van der Waals surface area contributed by atoms with Crippen molar-refractivity contribution in [3.8, 4) is 0 Å². The van der Waals surface area contributed by atoms with Crippen LogP contribution in [0.3, 0.4) is 0 Å². The minimum absolute atomic E-state index is 0.861. The summed E-state index contributed by atoms with van der Waals surface area (Å²) >= 11 is -0.861. The Kier molecular flexibility index (Phi) is 0.942. The fourth-order valence-corrected chi connectivity index (χ4v) is 0.583. The van der Waals surface area contributed by atoms with Gasteiger partial charge < -0.3 is 0 Å². The van der Waals surface area contributed by atoms with E-state index in [4.69, 9.17) is 0 Å². The van der Waals surface area contributed by atoms with E-state index < -0.39 is 19.4 Å². The van der Waals surface area contributed by atoms with E-state index in [1.165, 1.54) is 0 Å². The Balaban J connectivity index is 2.21. The molecule has 5 heavy (non-hydrogen) atoms. The van der Waals surface area contributed by atoms with Gasteiger partial charge in [0.25, 0.3) is 0 Å². The van der Waals surface area contributed by atoms with Crippen molar-refractivity contribution < 1.29 is 22.7 Å². The van der Waals surface area contributed by atoms with E-state index in [9.17, 15) is 3.32 Å². The van der Waals surface area contributed by atoms with E-state index in [-0.39, 0.29) is 0 Å². The van der Waals surface area contributed by atoms with E-state index in [1.54, 1.807) is 0 Å². The molecule has 0 saturated carbocycles. The molecule has 3 heteroatoms. The van der Waals surface area contributed by atoms with Gasteiger partial charge in [0.1, 0.15) is 0 Å². The molecule has 0 unspecified atom stereocenters. The van der Waals surface area contributed by atoms with Crippen LogP contribution in [0.1, 0.15) is 0 Å². The first kappa shape index (κ1) is 3.66. The molecule has 2 nitrogen and oxygen atoms in total. The Labute approximate surface area is 39.7 Å². The molecule has 0 aromatic rings. The van der Waals surface area contributed by atoms with E-state index in [2.05, 4.69) is 0 Å². The summed E-state index contributed by atoms with van der Waals surface area (Å²) in [5.41, 5.74) is 0. The number of rotatable bonds is 1. The minimum atomic E-state index is -0.861. The standard InChI is InChI=1S/C2H4N.O.Ti/c1-2-3-1;;/h1-2H2;;/q-1;;+1. The molecule has 1 fully saturated rings. The van der Waals surface area contributed by atoms with Crippen molar-refractivity contribution in [3.05, 3.63) is 0 Å². The third kappa shape index (κ3) is 0.914. The molecule has 0 amide bonds. The molecule has 0 aliphatic carbocycles. The Morgan fingerprint density at radius 3 is 2.20 bits per heavy atom. The van der Waals surface area contributed by atoms with Crippen molar-refractivity contribution in [1.29, 1.82) is 0 Å².